The van der Waals surface area contributed by atoms with E-state index in [1.165, 1.54) is 19.1 Å². The number of hydrogen-bond donors (Lipinski definition) is 3. The highest BCUT2D eigenvalue weighted by atomic mass is 16.5. The molecule has 9 nitrogen and oxygen atoms in total. The fourth-order valence-electron chi connectivity index (χ4n) is 2.45. The number of benzene rings is 1. The predicted octanol–water partition coefficient (Wildman–Crippen LogP) is -0.712. The first-order valence-electron chi connectivity index (χ1n) is 7.72. The highest BCUT2D eigenvalue weighted by Crippen LogP contribution is 2.21. The van der Waals surface area contributed by atoms with Crippen LogP contribution < -0.4 is 11.1 Å². The van der Waals surface area contributed by atoms with Gasteiger partial charge in [-0.15, -0.1) is 0 Å². The van der Waals surface area contributed by atoms with E-state index in [9.17, 15) is 24.3 Å². The van der Waals surface area contributed by atoms with Crippen molar-refractivity contribution in [1.82, 2.24) is 5.32 Å². The molecular formula is C17H22N2O7. The van der Waals surface area contributed by atoms with Gasteiger partial charge >= 0.3 is 11.9 Å². The molecule has 0 spiro atoms. The Kier molecular flexibility index (Phi) is 7.73. The van der Waals surface area contributed by atoms with Crippen LogP contribution in [0.1, 0.15) is 18.6 Å². The van der Waals surface area contributed by atoms with E-state index in [0.29, 0.717) is 5.56 Å². The van der Waals surface area contributed by atoms with Gasteiger partial charge in [0.15, 0.2) is 12.0 Å². The third kappa shape index (κ3) is 5.03. The van der Waals surface area contributed by atoms with Gasteiger partial charge in [-0.3, -0.25) is 19.2 Å². The van der Waals surface area contributed by atoms with Crippen LogP contribution in [0.2, 0.25) is 0 Å². The van der Waals surface area contributed by atoms with E-state index in [-0.39, 0.29) is 0 Å². The Morgan fingerprint density at radius 3 is 1.96 bits per heavy atom. The van der Waals surface area contributed by atoms with E-state index >= 15 is 0 Å². The Bertz CT molecular complexity index is 646. The van der Waals surface area contributed by atoms with Gasteiger partial charge in [-0.05, 0) is 5.56 Å². The number of primary amides is 1. The van der Waals surface area contributed by atoms with Crippen molar-refractivity contribution < 1.29 is 33.8 Å². The van der Waals surface area contributed by atoms with Crippen molar-refractivity contribution in [2.24, 2.45) is 17.6 Å². The van der Waals surface area contributed by atoms with Crippen molar-refractivity contribution in [3.8, 4) is 0 Å². The van der Waals surface area contributed by atoms with E-state index in [2.05, 4.69) is 14.8 Å². The summed E-state index contributed by atoms with van der Waals surface area (Å²) in [6.45, 7) is 1.36. The molecule has 3 atom stereocenters. The van der Waals surface area contributed by atoms with Gasteiger partial charge in [-0.1, -0.05) is 37.3 Å². The molecule has 1 aromatic carbocycles. The normalized spacial score (nSPS) is 14.0. The number of ether oxygens (including phenoxy) is 2. The first kappa shape index (κ1) is 21.1. The Balaban J connectivity index is 3.03. The lowest BCUT2D eigenvalue weighted by molar-refractivity contribution is -0.162. The highest BCUT2D eigenvalue weighted by Gasteiger charge is 2.41. The molecule has 0 unspecified atom stereocenters. The maximum Gasteiger partial charge on any atom is 0.320 e. The molecule has 0 aliphatic carbocycles. The molecule has 0 saturated carbocycles. The van der Waals surface area contributed by atoms with Crippen LogP contribution in [0.4, 0.5) is 0 Å². The van der Waals surface area contributed by atoms with Crippen molar-refractivity contribution in [2.45, 2.75) is 19.1 Å². The molecule has 0 aliphatic rings. The SMILES string of the molecule is COC(=O)C(C(=O)OC)[C@H](C)[C@@H](NC(=O)[C@@H](O)c1ccccc1)C(N)=O. The van der Waals surface area contributed by atoms with Gasteiger partial charge in [0.1, 0.15) is 6.04 Å². The number of rotatable bonds is 8. The Hall–Kier alpha value is -2.94. The van der Waals surface area contributed by atoms with Crippen molar-refractivity contribution in [1.29, 1.82) is 0 Å². The number of aliphatic hydroxyl groups is 1. The summed E-state index contributed by atoms with van der Waals surface area (Å²) in [5, 5.41) is 12.4. The lowest BCUT2D eigenvalue weighted by Crippen LogP contribution is -2.53. The molecule has 0 radical (unpaired) electrons. The highest BCUT2D eigenvalue weighted by molar-refractivity contribution is 5.97. The zero-order valence-electron chi connectivity index (χ0n) is 14.7. The molecule has 2 amide bonds. The minimum atomic E-state index is -1.56. The number of amides is 2. The van der Waals surface area contributed by atoms with Gasteiger partial charge in [-0.25, -0.2) is 0 Å². The van der Waals surface area contributed by atoms with E-state index in [4.69, 9.17) is 5.73 Å². The molecule has 0 heterocycles. The Morgan fingerprint density at radius 1 is 1.04 bits per heavy atom. The molecule has 142 valence electrons. The average molecular weight is 366 g/mol. The van der Waals surface area contributed by atoms with Crippen molar-refractivity contribution in [2.75, 3.05) is 14.2 Å². The second kappa shape index (κ2) is 9.52. The lowest BCUT2D eigenvalue weighted by Gasteiger charge is -2.27. The van der Waals surface area contributed by atoms with Crippen LogP contribution in [0.5, 0.6) is 0 Å². The summed E-state index contributed by atoms with van der Waals surface area (Å²) in [4.78, 5) is 47.8. The summed E-state index contributed by atoms with van der Waals surface area (Å²) in [5.41, 5.74) is 5.61. The molecule has 1 rings (SSSR count). The number of carbonyl (C=O) groups is 4. The molecule has 0 aliphatic heterocycles. The zero-order chi connectivity index (χ0) is 19.9. The smallest absolute Gasteiger partial charge is 0.320 e. The molecule has 0 bridgehead atoms. The standard InChI is InChI=1S/C17H22N2O7/c1-9(11(16(23)25-2)17(24)26-3)12(14(18)21)19-15(22)13(20)10-7-5-4-6-8-10/h4-9,11-13,20H,1-3H3,(H2,18,21)(H,19,22)/t9-,12+,13-/m0/s1. The molecule has 1 aromatic rings. The largest absolute Gasteiger partial charge is 0.468 e. The second-order valence-corrected chi connectivity index (χ2v) is 5.58. The van der Waals surface area contributed by atoms with Crippen LogP contribution in [-0.2, 0) is 28.7 Å². The van der Waals surface area contributed by atoms with E-state index in [0.717, 1.165) is 14.2 Å². The summed E-state index contributed by atoms with van der Waals surface area (Å²) in [6.07, 6.45) is -1.56. The third-order valence-electron chi connectivity index (χ3n) is 3.93. The topological polar surface area (TPSA) is 145 Å². The molecule has 0 saturated heterocycles. The van der Waals surface area contributed by atoms with Gasteiger partial charge in [-0.2, -0.15) is 0 Å². The van der Waals surface area contributed by atoms with Gasteiger partial charge in [0.05, 0.1) is 14.2 Å². The monoisotopic (exact) mass is 366 g/mol. The molecule has 0 fully saturated rings. The quantitative estimate of drug-likeness (QED) is 0.407. The predicted molar refractivity (Wildman–Crippen MR) is 89.2 cm³/mol. The van der Waals surface area contributed by atoms with Crippen LogP contribution in [0.25, 0.3) is 0 Å². The average Bonchev–Trinajstić information content (AvgIpc) is 2.65. The van der Waals surface area contributed by atoms with Crippen molar-refractivity contribution in [3.05, 3.63) is 35.9 Å². The second-order valence-electron chi connectivity index (χ2n) is 5.58. The van der Waals surface area contributed by atoms with E-state index in [1.54, 1.807) is 18.2 Å². The molecular weight excluding hydrogens is 344 g/mol. The summed E-state index contributed by atoms with van der Waals surface area (Å²) in [7, 11) is 2.14. The summed E-state index contributed by atoms with van der Waals surface area (Å²) >= 11 is 0. The minimum absolute atomic E-state index is 0.304. The number of carbonyl (C=O) groups excluding carboxylic acids is 4. The van der Waals surface area contributed by atoms with Crippen LogP contribution in [-0.4, -0.2) is 49.1 Å². The van der Waals surface area contributed by atoms with Crippen molar-refractivity contribution in [3.63, 3.8) is 0 Å². The Labute approximate surface area is 150 Å². The number of esters is 2. The molecule has 26 heavy (non-hydrogen) atoms. The van der Waals surface area contributed by atoms with Crippen LogP contribution in [0, 0.1) is 11.8 Å². The Morgan fingerprint density at radius 2 is 1.54 bits per heavy atom. The van der Waals surface area contributed by atoms with Gasteiger partial charge in [0.2, 0.25) is 5.91 Å². The first-order valence-corrected chi connectivity index (χ1v) is 7.72. The van der Waals surface area contributed by atoms with Crippen LogP contribution in [0.15, 0.2) is 30.3 Å². The maximum absolute atomic E-state index is 12.3. The number of aliphatic hydroxyl groups excluding tert-OH is 1. The number of hydrogen-bond acceptors (Lipinski definition) is 7. The van der Waals surface area contributed by atoms with Gasteiger partial charge in [0, 0.05) is 5.92 Å². The first-order chi connectivity index (χ1) is 12.2. The lowest BCUT2D eigenvalue weighted by atomic mass is 9.86. The van der Waals surface area contributed by atoms with Gasteiger partial charge in [0.25, 0.3) is 5.91 Å². The van der Waals surface area contributed by atoms with Crippen molar-refractivity contribution >= 4 is 23.8 Å². The fourth-order valence-corrected chi connectivity index (χ4v) is 2.45. The maximum atomic E-state index is 12.3. The van der Waals surface area contributed by atoms with Crippen LogP contribution in [0.3, 0.4) is 0 Å². The third-order valence-corrected chi connectivity index (χ3v) is 3.93. The summed E-state index contributed by atoms with van der Waals surface area (Å²) in [6, 6.07) is 6.61. The van der Waals surface area contributed by atoms with E-state index in [1.807, 2.05) is 0 Å². The summed E-state index contributed by atoms with van der Waals surface area (Å²) in [5.74, 6) is -6.30. The van der Waals surface area contributed by atoms with Crippen LogP contribution >= 0.6 is 0 Å². The molecule has 0 aromatic heterocycles. The number of nitrogens with two attached hydrogens (primary N) is 1. The fraction of sp³-hybridized carbons (Fsp3) is 0.412. The number of nitrogens with one attached hydrogen (secondary N) is 1. The number of methoxy groups -OCH3 is 2. The molecule has 9 heteroatoms. The minimum Gasteiger partial charge on any atom is -0.468 e. The zero-order valence-corrected chi connectivity index (χ0v) is 14.7. The van der Waals surface area contributed by atoms with E-state index < -0.39 is 47.7 Å². The van der Waals surface area contributed by atoms with Gasteiger partial charge < -0.3 is 25.6 Å². The molecule has 4 N–H and O–H groups in total. The summed E-state index contributed by atoms with van der Waals surface area (Å²) < 4.78 is 9.11.